The van der Waals surface area contributed by atoms with Crippen LogP contribution in [0.4, 0.5) is 4.79 Å². The third-order valence-corrected chi connectivity index (χ3v) is 10.8. The van der Waals surface area contributed by atoms with Gasteiger partial charge in [0, 0.05) is 12.8 Å². The fourth-order valence-corrected chi connectivity index (χ4v) is 5.08. The molecule has 2 fully saturated rings. The molecule has 2 heterocycles. The highest BCUT2D eigenvalue weighted by Gasteiger charge is 2.52. The molecule has 0 aromatic carbocycles. The lowest BCUT2D eigenvalue weighted by Gasteiger charge is -2.40. The molecule has 2 aliphatic rings. The van der Waals surface area contributed by atoms with Crippen molar-refractivity contribution in [3.05, 3.63) is 0 Å². The van der Waals surface area contributed by atoms with Gasteiger partial charge in [0.1, 0.15) is 11.6 Å². The summed E-state index contributed by atoms with van der Waals surface area (Å²) < 4.78 is 28.6. The molecule has 3 atom stereocenters. The Hall–Kier alpha value is -1.16. The molecule has 0 bridgehead atoms. The van der Waals surface area contributed by atoms with Gasteiger partial charge in [-0.05, 0) is 45.3 Å². The molecule has 9 heteroatoms. The monoisotopic (exact) mass is 459 g/mol. The second-order valence-corrected chi connectivity index (χ2v) is 15.7. The predicted octanol–water partition coefficient (Wildman–Crippen LogP) is 4.08. The molecule has 8 nitrogen and oxygen atoms in total. The van der Waals surface area contributed by atoms with E-state index < -0.39 is 32.0 Å². The Labute approximate surface area is 188 Å². The molecule has 0 spiro atoms. The maximum Gasteiger partial charge on any atom is 0.411 e. The Bertz CT molecular complexity index is 635. The number of ether oxygens (including phenoxy) is 4. The Morgan fingerprint density at radius 2 is 1.61 bits per heavy atom. The number of carbonyl (C=O) groups is 2. The molecule has 1 amide bonds. The number of amides is 1. The van der Waals surface area contributed by atoms with E-state index >= 15 is 0 Å². The topological polar surface area (TPSA) is 83.5 Å². The summed E-state index contributed by atoms with van der Waals surface area (Å²) in [5.74, 6) is -0.453. The van der Waals surface area contributed by atoms with Crippen molar-refractivity contribution in [3.63, 3.8) is 0 Å². The Balaban J connectivity index is 2.34. The summed E-state index contributed by atoms with van der Waals surface area (Å²) in [7, 11) is -0.811. The van der Waals surface area contributed by atoms with Gasteiger partial charge < -0.3 is 23.4 Å². The average Bonchev–Trinajstić information content (AvgIpc) is 3.24. The molecular weight excluding hydrogens is 418 g/mol. The lowest BCUT2D eigenvalue weighted by molar-refractivity contribution is -0.146. The standard InChI is InChI=1S/C22H41NO7Si/c1-21(2,3)29-20(25)23-15(10-11-18-27-12-13-28-18)17(14-16(23)19(24)26-7)30-31(8,9)22(4,5)6/h15-18H,10-14H2,1-9H3/t15-,16-,17-/m0/s1. The summed E-state index contributed by atoms with van der Waals surface area (Å²) >= 11 is 0. The minimum absolute atomic E-state index is 0.00464. The largest absolute Gasteiger partial charge is 0.467 e. The van der Waals surface area contributed by atoms with Gasteiger partial charge >= 0.3 is 12.1 Å². The quantitative estimate of drug-likeness (QED) is 0.437. The zero-order valence-corrected chi connectivity index (χ0v) is 21.6. The first-order valence-corrected chi connectivity index (χ1v) is 14.1. The fourth-order valence-electron chi connectivity index (χ4n) is 3.71. The van der Waals surface area contributed by atoms with Crippen molar-refractivity contribution in [2.45, 2.75) is 109 Å². The summed E-state index contributed by atoms with van der Waals surface area (Å²) in [5.41, 5.74) is -0.682. The second-order valence-electron chi connectivity index (χ2n) is 10.9. The maximum absolute atomic E-state index is 13.2. The van der Waals surface area contributed by atoms with Crippen LogP contribution < -0.4 is 0 Å². The van der Waals surface area contributed by atoms with E-state index in [1.165, 1.54) is 12.0 Å². The van der Waals surface area contributed by atoms with E-state index in [0.717, 1.165) is 0 Å². The van der Waals surface area contributed by atoms with Crippen molar-refractivity contribution in [3.8, 4) is 0 Å². The molecule has 0 aromatic heterocycles. The molecule has 0 unspecified atom stereocenters. The van der Waals surface area contributed by atoms with Gasteiger partial charge in [0.15, 0.2) is 14.6 Å². The molecule has 2 aliphatic heterocycles. The molecule has 0 aromatic rings. The van der Waals surface area contributed by atoms with Gasteiger partial charge in [0.2, 0.25) is 0 Å². The second kappa shape index (κ2) is 9.76. The Morgan fingerprint density at radius 1 is 1.03 bits per heavy atom. The number of carbonyl (C=O) groups excluding carboxylic acids is 2. The number of esters is 1. The number of rotatable bonds is 6. The van der Waals surface area contributed by atoms with Gasteiger partial charge in [-0.3, -0.25) is 4.90 Å². The van der Waals surface area contributed by atoms with Crippen molar-refractivity contribution >= 4 is 20.4 Å². The number of methoxy groups -OCH3 is 1. The van der Waals surface area contributed by atoms with Crippen LogP contribution in [-0.2, 0) is 28.2 Å². The van der Waals surface area contributed by atoms with Crippen LogP contribution in [0.3, 0.4) is 0 Å². The SMILES string of the molecule is COC(=O)[C@@H]1C[C@H](O[Si](C)(C)C(C)(C)C)[C@H](CCC2OCCO2)N1C(=O)OC(C)(C)C. The highest BCUT2D eigenvalue weighted by molar-refractivity contribution is 6.74. The molecule has 0 aliphatic carbocycles. The number of hydrogen-bond donors (Lipinski definition) is 0. The van der Waals surface area contributed by atoms with Gasteiger partial charge in [-0.2, -0.15) is 0 Å². The van der Waals surface area contributed by atoms with Gasteiger partial charge in [-0.1, -0.05) is 20.8 Å². The highest BCUT2D eigenvalue weighted by Crippen LogP contribution is 2.41. The molecule has 2 rings (SSSR count). The number of likely N-dealkylation sites (tertiary alicyclic amines) is 1. The lowest BCUT2D eigenvalue weighted by Crippen LogP contribution is -2.51. The van der Waals surface area contributed by atoms with Crippen LogP contribution in [0.5, 0.6) is 0 Å². The molecule has 0 N–H and O–H groups in total. The van der Waals surface area contributed by atoms with Crippen LogP contribution in [0.2, 0.25) is 18.1 Å². The van der Waals surface area contributed by atoms with E-state index in [0.29, 0.717) is 32.5 Å². The Morgan fingerprint density at radius 3 is 2.10 bits per heavy atom. The molecule has 2 saturated heterocycles. The molecule has 180 valence electrons. The number of nitrogens with zero attached hydrogens (tertiary/aromatic N) is 1. The van der Waals surface area contributed by atoms with E-state index in [1.807, 2.05) is 20.8 Å². The van der Waals surface area contributed by atoms with E-state index in [9.17, 15) is 9.59 Å². The van der Waals surface area contributed by atoms with Crippen LogP contribution >= 0.6 is 0 Å². The first-order valence-electron chi connectivity index (χ1n) is 11.2. The summed E-state index contributed by atoms with van der Waals surface area (Å²) in [5, 5.41) is -0.00464. The van der Waals surface area contributed by atoms with Crippen molar-refractivity contribution in [1.82, 2.24) is 4.90 Å². The van der Waals surface area contributed by atoms with Gasteiger partial charge in [0.05, 0.1) is 32.5 Å². The Kier molecular flexibility index (Phi) is 8.22. The van der Waals surface area contributed by atoms with E-state index in [2.05, 4.69) is 33.9 Å². The zero-order chi connectivity index (χ0) is 23.6. The lowest BCUT2D eigenvalue weighted by atomic mass is 10.1. The molecular formula is C22H41NO7Si. The third-order valence-electron chi connectivity index (χ3n) is 6.30. The smallest absolute Gasteiger partial charge is 0.411 e. The van der Waals surface area contributed by atoms with Crippen molar-refractivity contribution in [1.29, 1.82) is 0 Å². The maximum atomic E-state index is 13.2. The highest BCUT2D eigenvalue weighted by atomic mass is 28.4. The molecule has 0 saturated carbocycles. The van der Waals surface area contributed by atoms with Crippen molar-refractivity contribution < 1.29 is 33.0 Å². The number of hydrogen-bond acceptors (Lipinski definition) is 7. The van der Waals surface area contributed by atoms with E-state index in [-0.39, 0.29) is 23.5 Å². The summed E-state index contributed by atoms with van der Waals surface area (Å²) in [6.45, 7) is 17.5. The van der Waals surface area contributed by atoms with Crippen LogP contribution in [0.1, 0.15) is 60.8 Å². The minimum atomic E-state index is -2.15. The fraction of sp³-hybridized carbons (Fsp3) is 0.909. The normalized spacial score (nSPS) is 25.7. The van der Waals surface area contributed by atoms with Crippen molar-refractivity contribution in [2.24, 2.45) is 0 Å². The van der Waals surface area contributed by atoms with E-state index in [4.69, 9.17) is 23.4 Å². The average molecular weight is 460 g/mol. The van der Waals surface area contributed by atoms with Gasteiger partial charge in [-0.15, -0.1) is 0 Å². The molecule has 0 radical (unpaired) electrons. The summed E-state index contributed by atoms with van der Waals surface area (Å²) in [4.78, 5) is 27.4. The first-order chi connectivity index (χ1) is 14.2. The van der Waals surface area contributed by atoms with Gasteiger partial charge in [-0.25, -0.2) is 9.59 Å². The van der Waals surface area contributed by atoms with E-state index in [1.54, 1.807) is 0 Å². The zero-order valence-electron chi connectivity index (χ0n) is 20.6. The third kappa shape index (κ3) is 6.66. The van der Waals surface area contributed by atoms with Crippen molar-refractivity contribution in [2.75, 3.05) is 20.3 Å². The minimum Gasteiger partial charge on any atom is -0.467 e. The van der Waals surface area contributed by atoms with Crippen LogP contribution in [0, 0.1) is 0 Å². The van der Waals surface area contributed by atoms with Crippen LogP contribution in [0.25, 0.3) is 0 Å². The van der Waals surface area contributed by atoms with Crippen LogP contribution in [-0.4, -0.2) is 75.7 Å². The van der Waals surface area contributed by atoms with Gasteiger partial charge in [0.25, 0.3) is 0 Å². The summed E-state index contributed by atoms with van der Waals surface area (Å²) in [6, 6.07) is -1.08. The molecule has 31 heavy (non-hydrogen) atoms. The van der Waals surface area contributed by atoms with Crippen LogP contribution in [0.15, 0.2) is 0 Å². The predicted molar refractivity (Wildman–Crippen MR) is 119 cm³/mol. The summed E-state index contributed by atoms with van der Waals surface area (Å²) in [6.07, 6.45) is 0.453. The first kappa shape index (κ1) is 26.1.